The molecule has 0 spiro atoms. The first-order valence-electron chi connectivity index (χ1n) is 7.63. The second-order valence-electron chi connectivity index (χ2n) is 5.53. The maximum absolute atomic E-state index is 13.1. The maximum Gasteiger partial charge on any atom is 0.251 e. The first-order valence-corrected chi connectivity index (χ1v) is 8.43. The SMILES string of the molecule is O=C(NCCNC1CCCCCC1)c1ccc(F)c(Br)c1. The largest absolute Gasteiger partial charge is 0.351 e. The maximum atomic E-state index is 13.1. The van der Waals surface area contributed by atoms with Gasteiger partial charge in [-0.05, 0) is 47.0 Å². The molecule has 1 aromatic carbocycles. The molecule has 1 aliphatic carbocycles. The van der Waals surface area contributed by atoms with E-state index < -0.39 is 0 Å². The van der Waals surface area contributed by atoms with Crippen LogP contribution in [-0.2, 0) is 0 Å². The molecule has 116 valence electrons. The number of halogens is 2. The van der Waals surface area contributed by atoms with E-state index in [9.17, 15) is 9.18 Å². The van der Waals surface area contributed by atoms with E-state index >= 15 is 0 Å². The summed E-state index contributed by atoms with van der Waals surface area (Å²) in [5, 5.41) is 6.36. The Morgan fingerprint density at radius 2 is 1.90 bits per heavy atom. The molecule has 21 heavy (non-hydrogen) atoms. The summed E-state index contributed by atoms with van der Waals surface area (Å²) in [5.41, 5.74) is 0.470. The van der Waals surface area contributed by atoms with Crippen molar-refractivity contribution >= 4 is 21.8 Å². The summed E-state index contributed by atoms with van der Waals surface area (Å²) in [7, 11) is 0. The number of nitrogens with one attached hydrogen (secondary N) is 2. The molecule has 1 aromatic rings. The van der Waals surface area contributed by atoms with Crippen molar-refractivity contribution in [1.29, 1.82) is 0 Å². The molecular weight excluding hydrogens is 335 g/mol. The summed E-state index contributed by atoms with van der Waals surface area (Å²) in [6.07, 6.45) is 7.75. The van der Waals surface area contributed by atoms with Gasteiger partial charge in [0.2, 0.25) is 0 Å². The van der Waals surface area contributed by atoms with Gasteiger partial charge in [-0.3, -0.25) is 4.79 Å². The van der Waals surface area contributed by atoms with Crippen LogP contribution >= 0.6 is 15.9 Å². The van der Waals surface area contributed by atoms with Gasteiger partial charge in [0.15, 0.2) is 0 Å². The standard InChI is InChI=1S/C16H22BrFN2O/c17-14-11-12(7-8-15(14)18)16(21)20-10-9-19-13-5-3-1-2-4-6-13/h7-8,11,13,19H,1-6,9-10H2,(H,20,21). The lowest BCUT2D eigenvalue weighted by Gasteiger charge is -2.16. The zero-order valence-electron chi connectivity index (χ0n) is 12.1. The Morgan fingerprint density at radius 3 is 2.57 bits per heavy atom. The highest BCUT2D eigenvalue weighted by Crippen LogP contribution is 2.17. The highest BCUT2D eigenvalue weighted by molar-refractivity contribution is 9.10. The number of rotatable bonds is 5. The van der Waals surface area contributed by atoms with Crippen LogP contribution in [-0.4, -0.2) is 25.0 Å². The molecule has 0 unspecified atom stereocenters. The Bertz CT molecular complexity index is 473. The first kappa shape index (κ1) is 16.4. The van der Waals surface area contributed by atoms with Crippen LogP contribution < -0.4 is 10.6 Å². The lowest BCUT2D eigenvalue weighted by Crippen LogP contribution is -2.36. The summed E-state index contributed by atoms with van der Waals surface area (Å²) < 4.78 is 13.4. The molecule has 1 fully saturated rings. The summed E-state index contributed by atoms with van der Waals surface area (Å²) in [6.45, 7) is 1.36. The molecule has 0 aliphatic heterocycles. The van der Waals surface area contributed by atoms with Crippen molar-refractivity contribution in [3.8, 4) is 0 Å². The van der Waals surface area contributed by atoms with Crippen molar-refractivity contribution in [2.75, 3.05) is 13.1 Å². The lowest BCUT2D eigenvalue weighted by atomic mass is 10.1. The van der Waals surface area contributed by atoms with Crippen molar-refractivity contribution in [2.45, 2.75) is 44.6 Å². The predicted molar refractivity (Wildman–Crippen MR) is 85.9 cm³/mol. The zero-order valence-corrected chi connectivity index (χ0v) is 13.7. The third-order valence-corrected chi connectivity index (χ3v) is 4.49. The first-order chi connectivity index (χ1) is 10.2. The molecule has 0 radical (unpaired) electrons. The number of hydrogen-bond acceptors (Lipinski definition) is 2. The van der Waals surface area contributed by atoms with E-state index in [0.29, 0.717) is 22.6 Å². The molecule has 0 atom stereocenters. The van der Waals surface area contributed by atoms with Gasteiger partial charge in [0.1, 0.15) is 5.82 Å². The molecule has 2 N–H and O–H groups in total. The van der Waals surface area contributed by atoms with Gasteiger partial charge in [0.05, 0.1) is 4.47 Å². The Hall–Kier alpha value is -0.940. The Labute approximate surface area is 133 Å². The molecule has 3 nitrogen and oxygen atoms in total. The van der Waals surface area contributed by atoms with Gasteiger partial charge in [-0.2, -0.15) is 0 Å². The molecule has 2 rings (SSSR count). The highest BCUT2D eigenvalue weighted by Gasteiger charge is 2.11. The Balaban J connectivity index is 1.70. The average Bonchev–Trinajstić information content (AvgIpc) is 2.75. The van der Waals surface area contributed by atoms with E-state index in [4.69, 9.17) is 0 Å². The fourth-order valence-corrected chi connectivity index (χ4v) is 3.05. The molecule has 0 bridgehead atoms. The third kappa shape index (κ3) is 5.40. The predicted octanol–water partition coefficient (Wildman–Crippen LogP) is 3.63. The molecule has 5 heteroatoms. The fraction of sp³-hybridized carbons (Fsp3) is 0.562. The van der Waals surface area contributed by atoms with Gasteiger partial charge in [0.25, 0.3) is 5.91 Å². The van der Waals surface area contributed by atoms with Gasteiger partial charge in [-0.15, -0.1) is 0 Å². The van der Waals surface area contributed by atoms with Crippen molar-refractivity contribution in [2.24, 2.45) is 0 Å². The monoisotopic (exact) mass is 356 g/mol. The van der Waals surface area contributed by atoms with E-state index in [1.807, 2.05) is 0 Å². The van der Waals surface area contributed by atoms with E-state index in [1.54, 1.807) is 0 Å². The zero-order chi connectivity index (χ0) is 15.1. The quantitative estimate of drug-likeness (QED) is 0.624. The average molecular weight is 357 g/mol. The molecule has 0 heterocycles. The van der Waals surface area contributed by atoms with Crippen LogP contribution in [0.5, 0.6) is 0 Å². The summed E-state index contributed by atoms with van der Waals surface area (Å²) in [4.78, 5) is 11.9. The summed E-state index contributed by atoms with van der Waals surface area (Å²) >= 11 is 3.09. The van der Waals surface area contributed by atoms with Crippen LogP contribution in [0.25, 0.3) is 0 Å². The topological polar surface area (TPSA) is 41.1 Å². The Kier molecular flexibility index (Phi) is 6.64. The van der Waals surface area contributed by atoms with Crippen LogP contribution in [0.2, 0.25) is 0 Å². The lowest BCUT2D eigenvalue weighted by molar-refractivity contribution is 0.0953. The summed E-state index contributed by atoms with van der Waals surface area (Å²) in [6, 6.07) is 4.88. The van der Waals surface area contributed by atoms with Gasteiger partial charge < -0.3 is 10.6 Å². The van der Waals surface area contributed by atoms with Crippen molar-refractivity contribution < 1.29 is 9.18 Å². The highest BCUT2D eigenvalue weighted by atomic mass is 79.9. The minimum absolute atomic E-state index is 0.168. The fourth-order valence-electron chi connectivity index (χ4n) is 2.68. The van der Waals surface area contributed by atoms with Crippen LogP contribution in [0.3, 0.4) is 0 Å². The Morgan fingerprint density at radius 1 is 1.19 bits per heavy atom. The van der Waals surface area contributed by atoms with Crippen LogP contribution in [0.4, 0.5) is 4.39 Å². The van der Waals surface area contributed by atoms with Crippen LogP contribution in [0.15, 0.2) is 22.7 Å². The van der Waals surface area contributed by atoms with Crippen molar-refractivity contribution in [1.82, 2.24) is 10.6 Å². The van der Waals surface area contributed by atoms with Gasteiger partial charge >= 0.3 is 0 Å². The smallest absolute Gasteiger partial charge is 0.251 e. The molecular formula is C16H22BrFN2O. The molecule has 0 aromatic heterocycles. The minimum atomic E-state index is -0.360. The summed E-state index contributed by atoms with van der Waals surface area (Å²) in [5.74, 6) is -0.528. The number of amides is 1. The molecule has 1 aliphatic rings. The second-order valence-corrected chi connectivity index (χ2v) is 6.38. The number of carbonyl (C=O) groups is 1. The van der Waals surface area contributed by atoms with Crippen LogP contribution in [0.1, 0.15) is 48.9 Å². The van der Waals surface area contributed by atoms with Gasteiger partial charge in [-0.25, -0.2) is 4.39 Å². The number of benzene rings is 1. The normalized spacial score (nSPS) is 16.5. The van der Waals surface area contributed by atoms with Crippen LogP contribution in [0, 0.1) is 5.82 Å². The van der Waals surface area contributed by atoms with Crippen molar-refractivity contribution in [3.05, 3.63) is 34.1 Å². The molecule has 1 saturated carbocycles. The molecule has 0 saturated heterocycles. The van der Waals surface area contributed by atoms with Gasteiger partial charge in [-0.1, -0.05) is 25.7 Å². The molecule has 1 amide bonds. The van der Waals surface area contributed by atoms with E-state index in [-0.39, 0.29) is 11.7 Å². The number of hydrogen-bond donors (Lipinski definition) is 2. The minimum Gasteiger partial charge on any atom is -0.351 e. The van der Waals surface area contributed by atoms with E-state index in [1.165, 1.54) is 56.7 Å². The van der Waals surface area contributed by atoms with Crippen molar-refractivity contribution in [3.63, 3.8) is 0 Å². The third-order valence-electron chi connectivity index (χ3n) is 3.88. The van der Waals surface area contributed by atoms with E-state index in [0.717, 1.165) is 6.54 Å². The van der Waals surface area contributed by atoms with Gasteiger partial charge in [0, 0.05) is 24.7 Å². The van der Waals surface area contributed by atoms with E-state index in [2.05, 4.69) is 26.6 Å². The second kappa shape index (κ2) is 8.49. The number of carbonyl (C=O) groups excluding carboxylic acids is 1.